The van der Waals surface area contributed by atoms with E-state index in [0.29, 0.717) is 0 Å². The van der Waals surface area contributed by atoms with Gasteiger partial charge in [0.05, 0.1) is 6.61 Å². The molecule has 0 saturated carbocycles. The van der Waals surface area contributed by atoms with E-state index in [1.165, 1.54) is 0 Å². The summed E-state index contributed by atoms with van der Waals surface area (Å²) in [5.41, 5.74) is 0. The van der Waals surface area contributed by atoms with Gasteiger partial charge in [-0.2, -0.15) is 0 Å². The van der Waals surface area contributed by atoms with E-state index in [2.05, 4.69) is 0 Å². The molecule has 0 spiro atoms. The highest BCUT2D eigenvalue weighted by Crippen LogP contribution is 2.02. The van der Waals surface area contributed by atoms with Gasteiger partial charge < -0.3 is 30.3 Å². The summed E-state index contributed by atoms with van der Waals surface area (Å²) in [5.74, 6) is 0. The third-order valence-corrected chi connectivity index (χ3v) is 1.42. The molecule has 0 rings (SSSR count). The number of hydrogen-bond acceptors (Lipinski definition) is 6. The van der Waals surface area contributed by atoms with Gasteiger partial charge in [-0.25, -0.2) is 0 Å². The molecule has 72 valence electrons. The molecule has 0 amide bonds. The number of carbonyl (C=O) groups is 1. The smallest absolute Gasteiger partial charge is 0.151 e. The molecule has 0 unspecified atom stereocenters. The van der Waals surface area contributed by atoms with Crippen molar-refractivity contribution in [3.8, 4) is 0 Å². The monoisotopic (exact) mass is 181 g/mol. The second-order valence-electron chi connectivity index (χ2n) is 2.36. The molecule has 0 heterocycles. The van der Waals surface area contributed by atoms with Crippen molar-refractivity contribution in [1.82, 2.24) is 0 Å². The standard InChI is InChI=1S/C6H12O6/c7-1-3(9)5(11)6(12)4(10)2-8/h1,3-6,8-12H,2H2/t3-,4+,5+,6-/m0/s1/i5+1. The summed E-state index contributed by atoms with van der Waals surface area (Å²) < 4.78 is 0. The first kappa shape index (κ1) is 11.5. The zero-order chi connectivity index (χ0) is 9.72. The van der Waals surface area contributed by atoms with E-state index in [-0.39, 0.29) is 6.29 Å². The van der Waals surface area contributed by atoms with Gasteiger partial charge in [-0.3, -0.25) is 0 Å². The Morgan fingerprint density at radius 3 is 1.92 bits per heavy atom. The Kier molecular flexibility index (Phi) is 4.95. The fraction of sp³-hybridized carbons (Fsp3) is 0.833. The van der Waals surface area contributed by atoms with E-state index >= 15 is 0 Å². The predicted molar refractivity (Wildman–Crippen MR) is 37.2 cm³/mol. The van der Waals surface area contributed by atoms with E-state index in [1.807, 2.05) is 0 Å². The Balaban J connectivity index is 4.07. The van der Waals surface area contributed by atoms with Gasteiger partial charge in [0.1, 0.15) is 24.4 Å². The highest BCUT2D eigenvalue weighted by molar-refractivity contribution is 5.56. The van der Waals surface area contributed by atoms with Crippen molar-refractivity contribution < 1.29 is 30.3 Å². The van der Waals surface area contributed by atoms with Crippen molar-refractivity contribution in [2.24, 2.45) is 0 Å². The van der Waals surface area contributed by atoms with Crippen LogP contribution in [-0.4, -0.2) is 62.8 Å². The van der Waals surface area contributed by atoms with Crippen LogP contribution in [0.15, 0.2) is 0 Å². The van der Waals surface area contributed by atoms with Gasteiger partial charge in [-0.1, -0.05) is 0 Å². The van der Waals surface area contributed by atoms with E-state index in [4.69, 9.17) is 25.5 Å². The van der Waals surface area contributed by atoms with Crippen LogP contribution in [0.3, 0.4) is 0 Å². The molecule has 0 aliphatic rings. The van der Waals surface area contributed by atoms with Crippen LogP contribution in [0.1, 0.15) is 0 Å². The average molecular weight is 181 g/mol. The zero-order valence-electron chi connectivity index (χ0n) is 6.24. The van der Waals surface area contributed by atoms with Crippen molar-refractivity contribution >= 4 is 6.29 Å². The van der Waals surface area contributed by atoms with Crippen molar-refractivity contribution in [3.63, 3.8) is 0 Å². The first-order valence-corrected chi connectivity index (χ1v) is 3.33. The second-order valence-corrected chi connectivity index (χ2v) is 2.36. The molecule has 12 heavy (non-hydrogen) atoms. The Hall–Kier alpha value is -0.530. The number of aliphatic hydroxyl groups is 5. The maximum atomic E-state index is 9.90. The molecule has 0 bridgehead atoms. The molecule has 0 aromatic heterocycles. The largest absolute Gasteiger partial charge is 0.394 e. The molecule has 0 radical (unpaired) electrons. The molecule has 0 aliphatic carbocycles. The maximum Gasteiger partial charge on any atom is 0.151 e. The van der Waals surface area contributed by atoms with Crippen LogP contribution >= 0.6 is 0 Å². The minimum atomic E-state index is -1.79. The molecule has 4 atom stereocenters. The first-order chi connectivity index (χ1) is 5.54. The number of carbonyl (C=O) groups excluding carboxylic acids is 1. The van der Waals surface area contributed by atoms with Crippen molar-refractivity contribution in [3.05, 3.63) is 0 Å². The minimum Gasteiger partial charge on any atom is -0.394 e. The third kappa shape index (κ3) is 2.84. The molecule has 0 fully saturated rings. The topological polar surface area (TPSA) is 118 Å². The highest BCUT2D eigenvalue weighted by atomic mass is 16.4. The highest BCUT2D eigenvalue weighted by Gasteiger charge is 2.29. The lowest BCUT2D eigenvalue weighted by atomic mass is 10.2. The van der Waals surface area contributed by atoms with Crippen LogP contribution in [0.2, 0.25) is 0 Å². The summed E-state index contributed by atoms with van der Waals surface area (Å²) in [5, 5.41) is 43.5. The van der Waals surface area contributed by atoms with Gasteiger partial charge in [-0.15, -0.1) is 0 Å². The van der Waals surface area contributed by atoms with Crippen LogP contribution in [0.4, 0.5) is 0 Å². The maximum absolute atomic E-state index is 9.90. The Labute approximate surface area is 68.7 Å². The minimum absolute atomic E-state index is 0.0258. The van der Waals surface area contributed by atoms with Gasteiger partial charge in [-0.05, 0) is 0 Å². The fourth-order valence-electron chi connectivity index (χ4n) is 0.618. The second kappa shape index (κ2) is 5.18. The predicted octanol–water partition coefficient (Wildman–Crippen LogP) is -3.38. The fourth-order valence-corrected chi connectivity index (χ4v) is 0.618. The van der Waals surface area contributed by atoms with Gasteiger partial charge in [0.25, 0.3) is 0 Å². The molecule has 0 saturated heterocycles. The molecule has 0 aromatic carbocycles. The Morgan fingerprint density at radius 2 is 1.58 bits per heavy atom. The third-order valence-electron chi connectivity index (χ3n) is 1.42. The van der Waals surface area contributed by atoms with E-state index < -0.39 is 31.0 Å². The van der Waals surface area contributed by atoms with Crippen LogP contribution in [0, 0.1) is 0 Å². The summed E-state index contributed by atoms with van der Waals surface area (Å²) in [4.78, 5) is 9.90. The summed E-state index contributed by atoms with van der Waals surface area (Å²) in [6.07, 6.45) is -6.84. The lowest BCUT2D eigenvalue weighted by Crippen LogP contribution is -2.46. The molecular formula is C6H12O6. The number of aldehydes is 1. The normalized spacial score (nSPS) is 21.1. The van der Waals surface area contributed by atoms with Crippen LogP contribution in [0.5, 0.6) is 0 Å². The van der Waals surface area contributed by atoms with Crippen LogP contribution in [0.25, 0.3) is 0 Å². The molecule has 6 nitrogen and oxygen atoms in total. The van der Waals surface area contributed by atoms with E-state index in [0.717, 1.165) is 0 Å². The number of hydrogen-bond donors (Lipinski definition) is 5. The average Bonchev–Trinajstić information content (AvgIpc) is 2.12. The van der Waals surface area contributed by atoms with Gasteiger partial charge in [0.2, 0.25) is 0 Å². The molecule has 0 aliphatic heterocycles. The first-order valence-electron chi connectivity index (χ1n) is 3.33. The zero-order valence-corrected chi connectivity index (χ0v) is 6.24. The van der Waals surface area contributed by atoms with Crippen molar-refractivity contribution in [1.29, 1.82) is 0 Å². The number of rotatable bonds is 5. The van der Waals surface area contributed by atoms with Crippen molar-refractivity contribution in [2.75, 3.05) is 6.61 Å². The SMILES string of the molecule is O=C[C@H](O)[13C@@H](O)[C@@H](O)[C@H](O)CO. The summed E-state index contributed by atoms with van der Waals surface area (Å²) in [6, 6.07) is 0. The molecule has 5 N–H and O–H groups in total. The van der Waals surface area contributed by atoms with E-state index in [1.54, 1.807) is 0 Å². The van der Waals surface area contributed by atoms with Gasteiger partial charge in [0, 0.05) is 0 Å². The van der Waals surface area contributed by atoms with Gasteiger partial charge >= 0.3 is 0 Å². The Bertz CT molecular complexity index is 138. The summed E-state index contributed by atoms with van der Waals surface area (Å²) in [6.45, 7) is -0.760. The van der Waals surface area contributed by atoms with Crippen molar-refractivity contribution in [2.45, 2.75) is 24.4 Å². The lowest BCUT2D eigenvalue weighted by Gasteiger charge is -2.22. The molecular weight excluding hydrogens is 169 g/mol. The quantitative estimate of drug-likeness (QED) is 0.223. The van der Waals surface area contributed by atoms with Gasteiger partial charge in [0.15, 0.2) is 6.29 Å². The number of aliphatic hydroxyl groups excluding tert-OH is 5. The summed E-state index contributed by atoms with van der Waals surface area (Å²) >= 11 is 0. The van der Waals surface area contributed by atoms with Crippen LogP contribution in [-0.2, 0) is 4.79 Å². The lowest BCUT2D eigenvalue weighted by molar-refractivity contribution is -0.136. The van der Waals surface area contributed by atoms with Crippen LogP contribution < -0.4 is 0 Å². The van der Waals surface area contributed by atoms with E-state index in [9.17, 15) is 4.79 Å². The molecule has 6 heteroatoms. The molecule has 0 aromatic rings. The Morgan fingerprint density at radius 1 is 1.08 bits per heavy atom. The summed E-state index contributed by atoms with van der Waals surface area (Å²) in [7, 11) is 0.